The number of fused-ring (bicyclic) bond motifs is 3. The zero-order valence-corrected chi connectivity index (χ0v) is 15.6. The normalized spacial score (nSPS) is 23.7. The second kappa shape index (κ2) is 5.59. The minimum Gasteiger partial charge on any atom is -0.350 e. The average molecular weight is 361 g/mol. The van der Waals surface area contributed by atoms with Gasteiger partial charge in [-0.15, -0.1) is 0 Å². The molecule has 0 radical (unpaired) electrons. The first kappa shape index (κ1) is 16.4. The predicted molar refractivity (Wildman–Crippen MR) is 105 cm³/mol. The Bertz CT molecular complexity index is 950. The second-order valence-corrected chi connectivity index (χ2v) is 8.11. The van der Waals surface area contributed by atoms with Gasteiger partial charge < -0.3 is 15.1 Å². The minimum atomic E-state index is -1.14. The highest BCUT2D eigenvalue weighted by Gasteiger charge is 2.61. The van der Waals surface area contributed by atoms with Gasteiger partial charge >= 0.3 is 0 Å². The molecule has 1 spiro atoms. The summed E-state index contributed by atoms with van der Waals surface area (Å²) < 4.78 is 0. The number of benzene rings is 2. The van der Waals surface area contributed by atoms with Crippen molar-refractivity contribution in [3.8, 4) is 0 Å². The largest absolute Gasteiger partial charge is 0.350 e. The molecule has 1 atom stereocenters. The lowest BCUT2D eigenvalue weighted by molar-refractivity contribution is -0.127. The van der Waals surface area contributed by atoms with E-state index in [-0.39, 0.29) is 17.9 Å². The molecule has 1 aliphatic carbocycles. The third kappa shape index (κ3) is 2.17. The van der Waals surface area contributed by atoms with Crippen molar-refractivity contribution in [2.75, 3.05) is 16.8 Å². The Labute approximate surface area is 159 Å². The Hall–Kier alpha value is -2.82. The summed E-state index contributed by atoms with van der Waals surface area (Å²) >= 11 is 0. The van der Waals surface area contributed by atoms with Gasteiger partial charge in [0.15, 0.2) is 0 Å². The molecule has 0 aromatic heterocycles. The number of carbonyl (C=O) groups is 2. The summed E-state index contributed by atoms with van der Waals surface area (Å²) in [6, 6.07) is 15.5. The van der Waals surface area contributed by atoms with Crippen LogP contribution in [0.1, 0.15) is 42.6 Å². The topological polar surface area (TPSA) is 52.7 Å². The fourth-order valence-electron chi connectivity index (χ4n) is 4.42. The molecule has 2 aromatic rings. The van der Waals surface area contributed by atoms with E-state index in [1.165, 1.54) is 0 Å². The van der Waals surface area contributed by atoms with Gasteiger partial charge in [-0.05, 0) is 37.0 Å². The lowest BCUT2D eigenvalue weighted by Gasteiger charge is -2.45. The Morgan fingerprint density at radius 2 is 1.78 bits per heavy atom. The standard InChI is InChI=1S/C22H23N3O2/c1-14(2)13-24-19-10-6-4-8-17(19)22(21(24)27)23-18-9-5-3-7-16(18)20(26)25(22)15-11-12-15/h3-10,14-15,23H,11-13H2,1-2H3. The number of carbonyl (C=O) groups excluding carboxylic acids is 2. The monoisotopic (exact) mass is 361 g/mol. The van der Waals surface area contributed by atoms with Gasteiger partial charge in [0.05, 0.1) is 11.3 Å². The van der Waals surface area contributed by atoms with Crippen LogP contribution < -0.4 is 10.2 Å². The van der Waals surface area contributed by atoms with E-state index in [2.05, 4.69) is 19.2 Å². The van der Waals surface area contributed by atoms with Crippen LogP contribution in [-0.4, -0.2) is 29.3 Å². The summed E-state index contributed by atoms with van der Waals surface area (Å²) in [5, 5.41) is 3.50. The fourth-order valence-corrected chi connectivity index (χ4v) is 4.42. The number of para-hydroxylation sites is 2. The van der Waals surface area contributed by atoms with Crippen LogP contribution in [0.4, 0.5) is 11.4 Å². The molecule has 1 unspecified atom stereocenters. The van der Waals surface area contributed by atoms with Crippen LogP contribution in [0.5, 0.6) is 0 Å². The molecule has 2 amide bonds. The molecule has 27 heavy (non-hydrogen) atoms. The van der Waals surface area contributed by atoms with Crippen molar-refractivity contribution in [3.63, 3.8) is 0 Å². The SMILES string of the molecule is CC(C)CN1C(=O)C2(Nc3ccccc3C(=O)N2C2CC2)c2ccccc21. The van der Waals surface area contributed by atoms with Crippen LogP contribution in [0.25, 0.3) is 0 Å². The molecule has 5 heteroatoms. The molecule has 2 aromatic carbocycles. The Morgan fingerprint density at radius 3 is 2.52 bits per heavy atom. The molecule has 3 aliphatic rings. The summed E-state index contributed by atoms with van der Waals surface area (Å²) in [6.45, 7) is 4.84. The Kier molecular flexibility index (Phi) is 3.39. The van der Waals surface area contributed by atoms with Gasteiger partial charge in [-0.25, -0.2) is 0 Å². The summed E-state index contributed by atoms with van der Waals surface area (Å²) in [5.74, 6) is 0.228. The van der Waals surface area contributed by atoms with Crippen molar-refractivity contribution >= 4 is 23.2 Å². The van der Waals surface area contributed by atoms with E-state index in [1.807, 2.05) is 58.3 Å². The van der Waals surface area contributed by atoms with E-state index in [1.54, 1.807) is 0 Å². The molecule has 2 aliphatic heterocycles. The fraction of sp³-hybridized carbons (Fsp3) is 0.364. The van der Waals surface area contributed by atoms with Crippen LogP contribution in [0, 0.1) is 5.92 Å². The number of nitrogens with one attached hydrogen (secondary N) is 1. The third-order valence-corrected chi connectivity index (χ3v) is 5.65. The third-order valence-electron chi connectivity index (χ3n) is 5.65. The van der Waals surface area contributed by atoms with Crippen LogP contribution >= 0.6 is 0 Å². The van der Waals surface area contributed by atoms with E-state index in [0.29, 0.717) is 18.0 Å². The lowest BCUT2D eigenvalue weighted by Crippen LogP contribution is -2.63. The van der Waals surface area contributed by atoms with Gasteiger partial charge in [0.1, 0.15) is 0 Å². The van der Waals surface area contributed by atoms with Crippen molar-refractivity contribution < 1.29 is 9.59 Å². The van der Waals surface area contributed by atoms with Crippen molar-refractivity contribution in [1.29, 1.82) is 0 Å². The van der Waals surface area contributed by atoms with E-state index < -0.39 is 5.66 Å². The zero-order chi connectivity index (χ0) is 18.8. The molecular weight excluding hydrogens is 338 g/mol. The highest BCUT2D eigenvalue weighted by molar-refractivity contribution is 6.15. The first-order chi connectivity index (χ1) is 13.0. The van der Waals surface area contributed by atoms with E-state index in [9.17, 15) is 9.59 Å². The van der Waals surface area contributed by atoms with Crippen molar-refractivity contribution in [3.05, 3.63) is 59.7 Å². The van der Waals surface area contributed by atoms with Crippen molar-refractivity contribution in [2.24, 2.45) is 5.92 Å². The number of hydrogen-bond donors (Lipinski definition) is 1. The van der Waals surface area contributed by atoms with Crippen molar-refractivity contribution in [2.45, 2.75) is 38.4 Å². The van der Waals surface area contributed by atoms with E-state index in [0.717, 1.165) is 29.8 Å². The summed E-state index contributed by atoms with van der Waals surface area (Å²) in [4.78, 5) is 31.0. The second-order valence-electron chi connectivity index (χ2n) is 8.11. The molecular formula is C22H23N3O2. The quantitative estimate of drug-likeness (QED) is 0.909. The number of rotatable bonds is 3. The van der Waals surface area contributed by atoms with Gasteiger partial charge in [0, 0.05) is 23.8 Å². The maximum atomic E-state index is 13.8. The summed E-state index contributed by atoms with van der Waals surface area (Å²) in [7, 11) is 0. The summed E-state index contributed by atoms with van der Waals surface area (Å²) in [5.41, 5.74) is 2.02. The maximum absolute atomic E-state index is 13.8. The Balaban J connectivity index is 1.74. The average Bonchev–Trinajstić information content (AvgIpc) is 3.47. The molecule has 5 rings (SSSR count). The van der Waals surface area contributed by atoms with E-state index in [4.69, 9.17) is 0 Å². The number of hydrogen-bond acceptors (Lipinski definition) is 3. The van der Waals surface area contributed by atoms with E-state index >= 15 is 0 Å². The van der Waals surface area contributed by atoms with Gasteiger partial charge in [-0.3, -0.25) is 9.59 Å². The highest BCUT2D eigenvalue weighted by atomic mass is 16.2. The molecule has 0 bridgehead atoms. The van der Waals surface area contributed by atoms with Gasteiger partial charge in [-0.1, -0.05) is 44.2 Å². The minimum absolute atomic E-state index is 0.0489. The van der Waals surface area contributed by atoms with Crippen LogP contribution in [0.3, 0.4) is 0 Å². The van der Waals surface area contributed by atoms with Gasteiger partial charge in [0.25, 0.3) is 11.8 Å². The zero-order valence-electron chi connectivity index (χ0n) is 15.6. The lowest BCUT2D eigenvalue weighted by atomic mass is 9.92. The van der Waals surface area contributed by atoms with Crippen LogP contribution in [0.15, 0.2) is 48.5 Å². The molecule has 2 heterocycles. The Morgan fingerprint density at radius 1 is 1.07 bits per heavy atom. The number of amides is 2. The predicted octanol–water partition coefficient (Wildman–Crippen LogP) is 3.57. The number of nitrogens with zero attached hydrogens (tertiary/aromatic N) is 2. The molecule has 1 N–H and O–H groups in total. The smallest absolute Gasteiger partial charge is 0.278 e. The molecule has 138 valence electrons. The molecule has 0 saturated heterocycles. The van der Waals surface area contributed by atoms with Crippen molar-refractivity contribution in [1.82, 2.24) is 4.90 Å². The highest BCUT2D eigenvalue weighted by Crippen LogP contribution is 2.51. The van der Waals surface area contributed by atoms with Crippen LogP contribution in [0.2, 0.25) is 0 Å². The van der Waals surface area contributed by atoms with Gasteiger partial charge in [-0.2, -0.15) is 0 Å². The molecule has 5 nitrogen and oxygen atoms in total. The first-order valence-electron chi connectivity index (χ1n) is 9.66. The molecule has 1 saturated carbocycles. The van der Waals surface area contributed by atoms with Gasteiger partial charge in [0.2, 0.25) is 5.66 Å². The maximum Gasteiger partial charge on any atom is 0.278 e. The molecule has 1 fully saturated rings. The first-order valence-corrected chi connectivity index (χ1v) is 9.66. The number of anilines is 2. The van der Waals surface area contributed by atoms with Crippen LogP contribution in [-0.2, 0) is 10.5 Å². The summed E-state index contributed by atoms with van der Waals surface area (Å²) in [6.07, 6.45) is 1.88.